The summed E-state index contributed by atoms with van der Waals surface area (Å²) in [6, 6.07) is 26.1. The van der Waals surface area contributed by atoms with Gasteiger partial charge in [0.25, 0.3) is 0 Å². The number of carbonyl (C=O) groups is 2. The molecule has 280 valence electrons. The van der Waals surface area contributed by atoms with Gasteiger partial charge < -0.3 is 14.1 Å². The Morgan fingerprint density at radius 1 is 0.815 bits per heavy atom. The predicted octanol–water partition coefficient (Wildman–Crippen LogP) is 11.6. The van der Waals surface area contributed by atoms with Crippen LogP contribution in [0.4, 0.5) is 13.2 Å². The Morgan fingerprint density at radius 2 is 1.48 bits per heavy atom. The number of fused-ring (bicyclic) bond motifs is 5. The fourth-order valence-electron chi connectivity index (χ4n) is 7.59. The van der Waals surface area contributed by atoms with E-state index in [-0.39, 0.29) is 11.5 Å². The van der Waals surface area contributed by atoms with Gasteiger partial charge in [-0.05, 0) is 92.1 Å². The van der Waals surface area contributed by atoms with Gasteiger partial charge in [-0.3, -0.25) is 4.79 Å². The number of alkyl halides is 3. The standard InChI is InChI=1S/C45H45F3N2O4/c1-7-9-12-31(8-2)25-50-40-20-17-33(42(49-54-30(6)51)32-15-18-34(19-16-32)53-26-45(46,47)48)23-37(40)38-24-39(35-13-10-11-14-36(35)43(38)50)44(52)41-28(4)21-27(3)22-29(41)5/h10-11,13-24,31H,7-9,12,25-26H2,1-6H3/b49-42+. The lowest BCUT2D eigenvalue weighted by Gasteiger charge is -2.19. The van der Waals surface area contributed by atoms with Gasteiger partial charge in [0.15, 0.2) is 12.4 Å². The highest BCUT2D eigenvalue weighted by Crippen LogP contribution is 2.39. The zero-order valence-electron chi connectivity index (χ0n) is 31.6. The molecule has 54 heavy (non-hydrogen) atoms. The number of unbranched alkanes of at least 4 members (excludes halogenated alkanes) is 1. The molecule has 0 saturated heterocycles. The van der Waals surface area contributed by atoms with Crippen LogP contribution >= 0.6 is 0 Å². The van der Waals surface area contributed by atoms with Crippen LogP contribution in [0, 0.1) is 26.7 Å². The molecule has 1 unspecified atom stereocenters. The minimum absolute atomic E-state index is 0.0399. The van der Waals surface area contributed by atoms with Crippen molar-refractivity contribution in [1.82, 2.24) is 4.57 Å². The molecule has 0 N–H and O–H groups in total. The molecule has 6 aromatic rings. The molecule has 1 atom stereocenters. The number of ketones is 1. The molecule has 5 aromatic carbocycles. The first-order valence-electron chi connectivity index (χ1n) is 18.5. The fourth-order valence-corrected chi connectivity index (χ4v) is 7.59. The number of nitrogens with zero attached hydrogens (tertiary/aromatic N) is 2. The first kappa shape index (κ1) is 38.3. The predicted molar refractivity (Wildman–Crippen MR) is 210 cm³/mol. The second-order valence-electron chi connectivity index (χ2n) is 14.2. The third kappa shape index (κ3) is 8.05. The Kier molecular flexibility index (Phi) is 11.3. The van der Waals surface area contributed by atoms with E-state index in [1.165, 1.54) is 19.1 Å². The maximum atomic E-state index is 14.6. The van der Waals surface area contributed by atoms with Crippen LogP contribution < -0.4 is 4.74 Å². The lowest BCUT2D eigenvalue weighted by molar-refractivity contribution is -0.153. The number of carbonyl (C=O) groups excluding carboxylic acids is 2. The smallest absolute Gasteiger partial charge is 0.422 e. The number of aryl methyl sites for hydroxylation is 3. The first-order chi connectivity index (χ1) is 25.8. The monoisotopic (exact) mass is 734 g/mol. The molecule has 0 saturated carbocycles. The lowest BCUT2D eigenvalue weighted by atomic mass is 9.89. The van der Waals surface area contributed by atoms with Crippen LogP contribution in [0.3, 0.4) is 0 Å². The average molecular weight is 735 g/mol. The van der Waals surface area contributed by atoms with Gasteiger partial charge >= 0.3 is 12.1 Å². The summed E-state index contributed by atoms with van der Waals surface area (Å²) in [6.07, 6.45) is -0.129. The van der Waals surface area contributed by atoms with Gasteiger partial charge in [0.1, 0.15) is 11.5 Å². The van der Waals surface area contributed by atoms with E-state index in [9.17, 15) is 22.8 Å². The molecule has 0 bridgehead atoms. The van der Waals surface area contributed by atoms with Crippen molar-refractivity contribution in [3.05, 3.63) is 124 Å². The second-order valence-corrected chi connectivity index (χ2v) is 14.2. The third-order valence-electron chi connectivity index (χ3n) is 10.1. The SMILES string of the molecule is CCCCC(CC)Cn1c2ccc(/C(=N/OC(C)=O)c3ccc(OCC(F)(F)F)cc3)cc2c2cc(C(=O)c3c(C)cc(C)cc3C)c3ccccc3c21. The van der Waals surface area contributed by atoms with E-state index < -0.39 is 18.8 Å². The molecule has 6 nitrogen and oxygen atoms in total. The summed E-state index contributed by atoms with van der Waals surface area (Å²) < 4.78 is 45.7. The maximum Gasteiger partial charge on any atom is 0.422 e. The van der Waals surface area contributed by atoms with Crippen LogP contribution in [0.25, 0.3) is 32.6 Å². The first-order valence-corrected chi connectivity index (χ1v) is 18.5. The van der Waals surface area contributed by atoms with Gasteiger partial charge in [0.05, 0.1) is 5.52 Å². The molecular weight excluding hydrogens is 689 g/mol. The lowest BCUT2D eigenvalue weighted by Crippen LogP contribution is -2.19. The van der Waals surface area contributed by atoms with E-state index in [0.29, 0.717) is 33.9 Å². The van der Waals surface area contributed by atoms with Crippen LogP contribution in [0.5, 0.6) is 5.75 Å². The van der Waals surface area contributed by atoms with Crippen LogP contribution in [-0.2, 0) is 16.2 Å². The maximum absolute atomic E-state index is 14.6. The van der Waals surface area contributed by atoms with Crippen molar-refractivity contribution < 1.29 is 32.3 Å². The summed E-state index contributed by atoms with van der Waals surface area (Å²) in [4.78, 5) is 31.7. The number of rotatable bonds is 13. The van der Waals surface area contributed by atoms with E-state index in [1.54, 1.807) is 12.1 Å². The van der Waals surface area contributed by atoms with E-state index in [0.717, 1.165) is 81.5 Å². The number of benzene rings is 5. The zero-order chi connectivity index (χ0) is 38.7. The molecule has 1 heterocycles. The Hall–Kier alpha value is -5.44. The Labute approximate surface area is 313 Å². The second kappa shape index (κ2) is 15.9. The van der Waals surface area contributed by atoms with Gasteiger partial charge in [-0.2, -0.15) is 13.2 Å². The average Bonchev–Trinajstić information content (AvgIpc) is 3.44. The van der Waals surface area contributed by atoms with Crippen LogP contribution in [0.1, 0.15) is 90.2 Å². The van der Waals surface area contributed by atoms with Crippen molar-refractivity contribution in [3.8, 4) is 5.75 Å². The molecule has 0 aliphatic heterocycles. The van der Waals surface area contributed by atoms with Gasteiger partial charge in [0.2, 0.25) is 0 Å². The van der Waals surface area contributed by atoms with Crippen molar-refractivity contribution >= 4 is 50.0 Å². The topological polar surface area (TPSA) is 69.9 Å². The Balaban J connectivity index is 1.60. The number of ether oxygens (including phenoxy) is 1. The number of oxime groups is 1. The third-order valence-corrected chi connectivity index (χ3v) is 10.1. The van der Waals surface area contributed by atoms with Crippen molar-refractivity contribution in [2.24, 2.45) is 11.1 Å². The van der Waals surface area contributed by atoms with Gasteiger partial charge in [-0.25, -0.2) is 4.79 Å². The van der Waals surface area contributed by atoms with E-state index in [1.807, 2.05) is 75.4 Å². The highest BCUT2D eigenvalue weighted by Gasteiger charge is 2.28. The summed E-state index contributed by atoms with van der Waals surface area (Å²) in [6.45, 7) is 11.0. The fraction of sp³-hybridized carbons (Fsp3) is 0.311. The van der Waals surface area contributed by atoms with Gasteiger partial charge in [0, 0.05) is 57.4 Å². The normalized spacial score (nSPS) is 12.8. The van der Waals surface area contributed by atoms with Crippen molar-refractivity contribution in [2.45, 2.75) is 79.9 Å². The van der Waals surface area contributed by atoms with Crippen molar-refractivity contribution in [3.63, 3.8) is 0 Å². The van der Waals surface area contributed by atoms with Crippen LogP contribution in [-0.4, -0.2) is 34.8 Å². The Bertz CT molecular complexity index is 2370. The Morgan fingerprint density at radius 3 is 2.11 bits per heavy atom. The highest BCUT2D eigenvalue weighted by molar-refractivity contribution is 6.27. The van der Waals surface area contributed by atoms with Crippen molar-refractivity contribution in [1.29, 1.82) is 0 Å². The summed E-state index contributed by atoms with van der Waals surface area (Å²) >= 11 is 0. The molecular formula is C45H45F3N2O4. The number of hydrogen-bond acceptors (Lipinski definition) is 5. The van der Waals surface area contributed by atoms with E-state index in [4.69, 9.17) is 9.57 Å². The zero-order valence-corrected chi connectivity index (χ0v) is 31.6. The highest BCUT2D eigenvalue weighted by atomic mass is 19.4. The van der Waals surface area contributed by atoms with Gasteiger partial charge in [-0.15, -0.1) is 0 Å². The minimum Gasteiger partial charge on any atom is -0.484 e. The summed E-state index contributed by atoms with van der Waals surface area (Å²) in [5.74, 6) is -0.192. The minimum atomic E-state index is -4.48. The summed E-state index contributed by atoms with van der Waals surface area (Å²) in [5.41, 5.74) is 7.72. The van der Waals surface area contributed by atoms with Crippen LogP contribution in [0.15, 0.2) is 90.1 Å². The number of aromatic nitrogens is 1. The number of halogens is 3. The van der Waals surface area contributed by atoms with Crippen molar-refractivity contribution in [2.75, 3.05) is 6.61 Å². The quantitative estimate of drug-likeness (QED) is 0.0513. The molecule has 0 radical (unpaired) electrons. The van der Waals surface area contributed by atoms with Gasteiger partial charge in [-0.1, -0.05) is 86.3 Å². The molecule has 0 aliphatic carbocycles. The largest absolute Gasteiger partial charge is 0.484 e. The molecule has 0 aliphatic rings. The molecule has 6 rings (SSSR count). The summed E-state index contributed by atoms with van der Waals surface area (Å²) in [7, 11) is 0. The molecule has 9 heteroatoms. The summed E-state index contributed by atoms with van der Waals surface area (Å²) in [5, 5.41) is 7.87. The molecule has 1 aromatic heterocycles. The molecule has 0 fully saturated rings. The molecule has 0 spiro atoms. The molecule has 0 amide bonds. The van der Waals surface area contributed by atoms with E-state index >= 15 is 0 Å². The van der Waals surface area contributed by atoms with Crippen LogP contribution in [0.2, 0.25) is 0 Å². The van der Waals surface area contributed by atoms with E-state index in [2.05, 4.69) is 29.6 Å². The number of hydrogen-bond donors (Lipinski definition) is 0.